The number of aliphatic carboxylic acids is 1. The number of carboxylic acid groups (broad SMARTS) is 1. The van der Waals surface area contributed by atoms with Crippen LogP contribution in [0.4, 0.5) is 0 Å². The van der Waals surface area contributed by atoms with E-state index in [1.807, 2.05) is 52.0 Å². The fraction of sp³-hybridized carbons (Fsp3) is 0.556. The molecule has 2 rings (SSSR count). The van der Waals surface area contributed by atoms with E-state index in [1.54, 1.807) is 0 Å². The first-order valence-corrected chi connectivity index (χ1v) is 7.95. The number of ether oxygens (including phenoxy) is 1. The van der Waals surface area contributed by atoms with E-state index < -0.39 is 16.9 Å². The molecule has 2 atom stereocenters. The highest BCUT2D eigenvalue weighted by Crippen LogP contribution is 2.51. The van der Waals surface area contributed by atoms with Gasteiger partial charge in [0.25, 0.3) is 0 Å². The lowest BCUT2D eigenvalue weighted by Crippen LogP contribution is -2.76. The van der Waals surface area contributed by atoms with Crippen LogP contribution < -0.4 is 5.32 Å². The molecule has 1 fully saturated rings. The number of rotatable bonds is 6. The second-order valence-corrected chi connectivity index (χ2v) is 6.73. The van der Waals surface area contributed by atoms with E-state index in [-0.39, 0.29) is 18.4 Å². The summed E-state index contributed by atoms with van der Waals surface area (Å²) in [6, 6.07) is 7.61. The molecule has 5 nitrogen and oxygen atoms in total. The Morgan fingerprint density at radius 2 is 2.00 bits per heavy atom. The molecule has 2 N–H and O–H groups in total. The summed E-state index contributed by atoms with van der Waals surface area (Å²) >= 11 is 0. The highest BCUT2D eigenvalue weighted by atomic mass is 16.5. The number of aryl methyl sites for hydroxylation is 1. The zero-order chi connectivity index (χ0) is 17.3. The highest BCUT2D eigenvalue weighted by Gasteiger charge is 2.66. The van der Waals surface area contributed by atoms with Gasteiger partial charge in [-0.25, -0.2) is 4.79 Å². The van der Waals surface area contributed by atoms with Gasteiger partial charge in [-0.05, 0) is 25.0 Å². The van der Waals surface area contributed by atoms with E-state index in [0.29, 0.717) is 13.0 Å². The van der Waals surface area contributed by atoms with Crippen molar-refractivity contribution in [1.82, 2.24) is 5.32 Å². The molecule has 0 aromatic heterocycles. The minimum absolute atomic E-state index is 0.164. The smallest absolute Gasteiger partial charge is 0.330 e. The Kier molecular flexibility index (Phi) is 4.80. The van der Waals surface area contributed by atoms with Crippen molar-refractivity contribution < 1.29 is 19.4 Å². The quantitative estimate of drug-likeness (QED) is 0.844. The van der Waals surface area contributed by atoms with Crippen LogP contribution in [0.2, 0.25) is 0 Å². The van der Waals surface area contributed by atoms with E-state index in [2.05, 4.69) is 5.32 Å². The molecule has 1 aliphatic rings. The molecule has 5 heteroatoms. The van der Waals surface area contributed by atoms with E-state index >= 15 is 0 Å². The minimum atomic E-state index is -1.27. The summed E-state index contributed by atoms with van der Waals surface area (Å²) in [5.74, 6) is -1.28. The zero-order valence-corrected chi connectivity index (χ0v) is 14.2. The van der Waals surface area contributed by atoms with Gasteiger partial charge in [0.1, 0.15) is 5.54 Å². The molecule has 0 bridgehead atoms. The standard InChI is InChI=1S/C18H25NO4/c1-5-23-14-11-18(16(21)22,17(14,3)4)19-15(20)10-13-9-7-6-8-12(13)2/h6-9,14H,5,10-11H2,1-4H3,(H,19,20)(H,21,22). The molecule has 1 aromatic rings. The van der Waals surface area contributed by atoms with Crippen molar-refractivity contribution in [1.29, 1.82) is 0 Å². The van der Waals surface area contributed by atoms with Crippen molar-refractivity contribution in [3.63, 3.8) is 0 Å². The third-order valence-electron chi connectivity index (χ3n) is 5.09. The average molecular weight is 319 g/mol. The number of amides is 1. The van der Waals surface area contributed by atoms with Crippen molar-refractivity contribution in [3.8, 4) is 0 Å². The minimum Gasteiger partial charge on any atom is -0.479 e. The SMILES string of the molecule is CCOC1CC(NC(=O)Cc2ccccc2C)(C(=O)O)C1(C)C. The van der Waals surface area contributed by atoms with Gasteiger partial charge in [-0.2, -0.15) is 0 Å². The molecular weight excluding hydrogens is 294 g/mol. The summed E-state index contributed by atoms with van der Waals surface area (Å²) in [6.45, 7) is 8.01. The van der Waals surface area contributed by atoms with Crippen LogP contribution in [0.3, 0.4) is 0 Å². The van der Waals surface area contributed by atoms with Gasteiger partial charge in [-0.3, -0.25) is 4.79 Å². The third-order valence-corrected chi connectivity index (χ3v) is 5.09. The van der Waals surface area contributed by atoms with Gasteiger partial charge in [-0.1, -0.05) is 38.1 Å². The monoisotopic (exact) mass is 319 g/mol. The first kappa shape index (κ1) is 17.5. The first-order valence-electron chi connectivity index (χ1n) is 7.95. The largest absolute Gasteiger partial charge is 0.479 e. The Labute approximate surface area is 137 Å². The van der Waals surface area contributed by atoms with Gasteiger partial charge in [0.15, 0.2) is 0 Å². The van der Waals surface area contributed by atoms with Gasteiger partial charge < -0.3 is 15.2 Å². The topological polar surface area (TPSA) is 75.6 Å². The molecule has 0 saturated heterocycles. The molecule has 0 heterocycles. The van der Waals surface area contributed by atoms with Crippen LogP contribution in [0, 0.1) is 12.3 Å². The maximum Gasteiger partial charge on any atom is 0.330 e. The molecule has 0 aliphatic heterocycles. The van der Waals surface area contributed by atoms with Crippen molar-refractivity contribution in [3.05, 3.63) is 35.4 Å². The maximum absolute atomic E-state index is 12.4. The van der Waals surface area contributed by atoms with Gasteiger partial charge in [0, 0.05) is 18.4 Å². The summed E-state index contributed by atoms with van der Waals surface area (Å²) in [5, 5.41) is 12.5. The van der Waals surface area contributed by atoms with Crippen molar-refractivity contribution in [2.75, 3.05) is 6.61 Å². The van der Waals surface area contributed by atoms with Crippen molar-refractivity contribution in [2.45, 2.75) is 52.2 Å². The van der Waals surface area contributed by atoms with Crippen LogP contribution in [0.1, 0.15) is 38.3 Å². The van der Waals surface area contributed by atoms with E-state index in [9.17, 15) is 14.7 Å². The summed E-state index contributed by atoms with van der Waals surface area (Å²) in [6.07, 6.45) is 0.308. The molecule has 1 saturated carbocycles. The van der Waals surface area contributed by atoms with Gasteiger partial charge in [-0.15, -0.1) is 0 Å². The van der Waals surface area contributed by atoms with Crippen molar-refractivity contribution >= 4 is 11.9 Å². The lowest BCUT2D eigenvalue weighted by molar-refractivity contribution is -0.194. The Morgan fingerprint density at radius 3 is 2.52 bits per heavy atom. The van der Waals surface area contributed by atoms with Gasteiger partial charge >= 0.3 is 5.97 Å². The molecule has 1 aromatic carbocycles. The summed E-state index contributed by atoms with van der Waals surface area (Å²) in [7, 11) is 0. The third kappa shape index (κ3) is 2.98. The predicted molar refractivity (Wildman–Crippen MR) is 87.2 cm³/mol. The molecular formula is C18H25NO4. The Bertz CT molecular complexity index is 611. The zero-order valence-electron chi connectivity index (χ0n) is 14.2. The number of hydrogen-bond acceptors (Lipinski definition) is 3. The van der Waals surface area contributed by atoms with Crippen LogP contribution in [-0.2, 0) is 20.7 Å². The Morgan fingerprint density at radius 1 is 1.35 bits per heavy atom. The Hall–Kier alpha value is -1.88. The van der Waals surface area contributed by atoms with Crippen LogP contribution in [0.25, 0.3) is 0 Å². The van der Waals surface area contributed by atoms with Crippen LogP contribution in [-0.4, -0.2) is 35.2 Å². The molecule has 126 valence electrons. The van der Waals surface area contributed by atoms with Gasteiger partial charge in [0.2, 0.25) is 5.91 Å². The number of nitrogens with one attached hydrogen (secondary N) is 1. The number of carboxylic acids is 1. The molecule has 0 radical (unpaired) electrons. The molecule has 2 unspecified atom stereocenters. The molecule has 23 heavy (non-hydrogen) atoms. The number of carbonyl (C=O) groups is 2. The van der Waals surface area contributed by atoms with E-state index in [4.69, 9.17) is 4.74 Å². The van der Waals surface area contributed by atoms with Crippen LogP contribution in [0.5, 0.6) is 0 Å². The van der Waals surface area contributed by atoms with Crippen LogP contribution in [0.15, 0.2) is 24.3 Å². The highest BCUT2D eigenvalue weighted by molar-refractivity contribution is 5.90. The summed E-state index contributed by atoms with van der Waals surface area (Å²) < 4.78 is 5.60. The van der Waals surface area contributed by atoms with Crippen molar-refractivity contribution in [2.24, 2.45) is 5.41 Å². The lowest BCUT2D eigenvalue weighted by Gasteiger charge is -2.58. The molecule has 1 aliphatic carbocycles. The van der Waals surface area contributed by atoms with E-state index in [0.717, 1.165) is 11.1 Å². The number of carbonyl (C=O) groups excluding carboxylic acids is 1. The second-order valence-electron chi connectivity index (χ2n) is 6.73. The summed E-state index contributed by atoms with van der Waals surface area (Å²) in [5.41, 5.74) is -0.000780. The normalized spacial score (nSPS) is 25.5. The first-order chi connectivity index (χ1) is 10.7. The average Bonchev–Trinajstić information content (AvgIpc) is 2.48. The number of benzene rings is 1. The predicted octanol–water partition coefficient (Wildman–Crippen LogP) is 2.31. The van der Waals surface area contributed by atoms with Crippen LogP contribution >= 0.6 is 0 Å². The fourth-order valence-electron chi connectivity index (χ4n) is 3.30. The Balaban J connectivity index is 2.14. The maximum atomic E-state index is 12.4. The van der Waals surface area contributed by atoms with E-state index in [1.165, 1.54) is 0 Å². The summed E-state index contributed by atoms with van der Waals surface area (Å²) in [4.78, 5) is 24.3. The molecule has 0 spiro atoms. The molecule has 1 amide bonds. The van der Waals surface area contributed by atoms with Gasteiger partial charge in [0.05, 0.1) is 12.5 Å². The second kappa shape index (κ2) is 6.32. The number of hydrogen-bond donors (Lipinski definition) is 2. The lowest BCUT2D eigenvalue weighted by atomic mass is 9.54. The fourth-order valence-corrected chi connectivity index (χ4v) is 3.30.